The van der Waals surface area contributed by atoms with E-state index in [-0.39, 0.29) is 0 Å². The van der Waals surface area contributed by atoms with Crippen LogP contribution in [0.4, 0.5) is 0 Å². The summed E-state index contributed by atoms with van der Waals surface area (Å²) in [6.07, 6.45) is 7.62. The largest absolute Gasteiger partial charge is 0.320 e. The average molecular weight is 231 g/mol. The van der Waals surface area contributed by atoms with Crippen LogP contribution >= 0.6 is 12.6 Å². The predicted molar refractivity (Wildman–Crippen MR) is 76.7 cm³/mol. The molecule has 0 unspecified atom stereocenters. The van der Waals surface area contributed by atoms with E-state index in [4.69, 9.17) is 0 Å². The Hall–Kier alpha value is -0.130. The van der Waals surface area contributed by atoms with Crippen LogP contribution < -0.4 is 5.32 Å². The SMILES string of the molecule is CC.CCC#CCCCCCNC.CS. The molecule has 0 aromatic carbocycles. The van der Waals surface area contributed by atoms with Crippen molar-refractivity contribution >= 4 is 12.6 Å². The Morgan fingerprint density at radius 3 is 2.07 bits per heavy atom. The zero-order chi connectivity index (χ0) is 12.4. The Bertz CT molecular complexity index is 124. The molecule has 0 aliphatic carbocycles. The zero-order valence-electron chi connectivity index (χ0n) is 11.2. The van der Waals surface area contributed by atoms with Gasteiger partial charge in [0.25, 0.3) is 0 Å². The van der Waals surface area contributed by atoms with Gasteiger partial charge in [0.05, 0.1) is 0 Å². The summed E-state index contributed by atoms with van der Waals surface area (Å²) in [6, 6.07) is 0. The summed E-state index contributed by atoms with van der Waals surface area (Å²) in [5.74, 6) is 6.22. The molecule has 0 spiro atoms. The van der Waals surface area contributed by atoms with Crippen LogP contribution in [0.3, 0.4) is 0 Å². The van der Waals surface area contributed by atoms with Crippen LogP contribution in [0.2, 0.25) is 0 Å². The van der Waals surface area contributed by atoms with Crippen molar-refractivity contribution in [3.05, 3.63) is 0 Å². The van der Waals surface area contributed by atoms with Gasteiger partial charge in [0.2, 0.25) is 0 Å². The summed E-state index contributed by atoms with van der Waals surface area (Å²) in [4.78, 5) is 0. The molecule has 0 atom stereocenters. The van der Waals surface area contributed by atoms with Gasteiger partial charge in [-0.15, -0.1) is 11.8 Å². The Balaban J connectivity index is -0.000000318. The topological polar surface area (TPSA) is 12.0 Å². The predicted octanol–water partition coefficient (Wildman–Crippen LogP) is 3.75. The summed E-state index contributed by atoms with van der Waals surface area (Å²) in [6.45, 7) is 7.23. The molecule has 0 radical (unpaired) electrons. The van der Waals surface area contributed by atoms with E-state index < -0.39 is 0 Å². The first kappa shape index (κ1) is 20.3. The summed E-state index contributed by atoms with van der Waals surface area (Å²) in [5, 5.41) is 3.13. The lowest BCUT2D eigenvalue weighted by Crippen LogP contribution is -2.06. The quantitative estimate of drug-likeness (QED) is 0.417. The number of nitrogens with one attached hydrogen (secondary N) is 1. The van der Waals surface area contributed by atoms with Crippen LogP contribution in [0.15, 0.2) is 0 Å². The van der Waals surface area contributed by atoms with Crippen molar-refractivity contribution in [2.45, 2.75) is 52.9 Å². The molecule has 0 bridgehead atoms. The van der Waals surface area contributed by atoms with E-state index in [1.807, 2.05) is 20.9 Å². The molecule has 1 nitrogen and oxygen atoms in total. The van der Waals surface area contributed by atoms with E-state index in [9.17, 15) is 0 Å². The van der Waals surface area contributed by atoms with E-state index in [0.717, 1.165) is 19.4 Å². The minimum absolute atomic E-state index is 0.997. The van der Waals surface area contributed by atoms with E-state index in [2.05, 4.69) is 36.7 Å². The molecule has 0 amide bonds. The van der Waals surface area contributed by atoms with Crippen LogP contribution in [0.5, 0.6) is 0 Å². The van der Waals surface area contributed by atoms with Gasteiger partial charge in [0.1, 0.15) is 0 Å². The molecule has 0 aromatic heterocycles. The summed E-state index contributed by atoms with van der Waals surface area (Å²) in [7, 11) is 2.00. The van der Waals surface area contributed by atoms with Gasteiger partial charge in [-0.05, 0) is 32.7 Å². The van der Waals surface area contributed by atoms with Crippen molar-refractivity contribution in [3.63, 3.8) is 0 Å². The van der Waals surface area contributed by atoms with Crippen molar-refractivity contribution in [3.8, 4) is 11.8 Å². The standard InChI is InChI=1S/C10H19N.C2H6.CH4S/c1-3-4-5-6-7-8-9-10-11-2;2*1-2/h11H,3,6-10H2,1-2H3;1-2H3;2H,1H3. The highest BCUT2D eigenvalue weighted by Crippen LogP contribution is 1.97. The third-order valence-corrected chi connectivity index (χ3v) is 1.53. The van der Waals surface area contributed by atoms with Crippen molar-refractivity contribution < 1.29 is 0 Å². The average Bonchev–Trinajstić information content (AvgIpc) is 2.33. The highest BCUT2D eigenvalue weighted by molar-refractivity contribution is 7.79. The Morgan fingerprint density at radius 2 is 1.60 bits per heavy atom. The van der Waals surface area contributed by atoms with Gasteiger partial charge >= 0.3 is 0 Å². The second kappa shape index (κ2) is 29.2. The number of hydrogen-bond acceptors (Lipinski definition) is 2. The molecular formula is C13H29NS. The first-order valence-corrected chi connectivity index (χ1v) is 6.86. The smallest absolute Gasteiger partial charge is 0.00886 e. The number of rotatable bonds is 5. The minimum atomic E-state index is 0.997. The van der Waals surface area contributed by atoms with Gasteiger partial charge in [0.15, 0.2) is 0 Å². The molecule has 0 aliphatic rings. The molecule has 1 N–H and O–H groups in total. The molecule has 15 heavy (non-hydrogen) atoms. The minimum Gasteiger partial charge on any atom is -0.320 e. The molecule has 0 aromatic rings. The Kier molecular flexibility index (Phi) is 39.5. The van der Waals surface area contributed by atoms with Gasteiger partial charge < -0.3 is 5.32 Å². The zero-order valence-corrected chi connectivity index (χ0v) is 12.1. The van der Waals surface area contributed by atoms with Crippen molar-refractivity contribution in [2.75, 3.05) is 19.8 Å². The van der Waals surface area contributed by atoms with Crippen LogP contribution in [-0.4, -0.2) is 19.8 Å². The van der Waals surface area contributed by atoms with E-state index >= 15 is 0 Å². The van der Waals surface area contributed by atoms with Gasteiger partial charge in [-0.1, -0.05) is 27.2 Å². The maximum atomic E-state index is 3.53. The molecule has 2 heteroatoms. The number of hydrogen-bond donors (Lipinski definition) is 2. The molecule has 0 heterocycles. The molecule has 92 valence electrons. The number of thiol groups is 1. The van der Waals surface area contributed by atoms with Gasteiger partial charge in [-0.25, -0.2) is 0 Å². The van der Waals surface area contributed by atoms with Crippen molar-refractivity contribution in [2.24, 2.45) is 0 Å². The molecular weight excluding hydrogens is 202 g/mol. The molecule has 0 saturated carbocycles. The van der Waals surface area contributed by atoms with Crippen molar-refractivity contribution in [1.29, 1.82) is 0 Å². The van der Waals surface area contributed by atoms with Gasteiger partial charge in [-0.3, -0.25) is 0 Å². The molecule has 0 saturated heterocycles. The third kappa shape index (κ3) is 31.6. The van der Waals surface area contributed by atoms with E-state index in [0.29, 0.717) is 0 Å². The van der Waals surface area contributed by atoms with Crippen molar-refractivity contribution in [1.82, 2.24) is 5.32 Å². The maximum Gasteiger partial charge on any atom is 0.00886 e. The monoisotopic (exact) mass is 231 g/mol. The molecule has 0 aliphatic heterocycles. The fraction of sp³-hybridized carbons (Fsp3) is 0.846. The Morgan fingerprint density at radius 1 is 1.00 bits per heavy atom. The fourth-order valence-corrected chi connectivity index (χ4v) is 0.905. The van der Waals surface area contributed by atoms with Crippen LogP contribution in [-0.2, 0) is 0 Å². The second-order valence-corrected chi connectivity index (χ2v) is 2.62. The van der Waals surface area contributed by atoms with Crippen LogP contribution in [0.1, 0.15) is 52.9 Å². The highest BCUT2D eigenvalue weighted by Gasteiger charge is 1.84. The summed E-state index contributed by atoms with van der Waals surface area (Å²) in [5.41, 5.74) is 0. The van der Waals surface area contributed by atoms with Crippen LogP contribution in [0.25, 0.3) is 0 Å². The summed E-state index contributed by atoms with van der Waals surface area (Å²) >= 11 is 3.53. The lowest BCUT2D eigenvalue weighted by Gasteiger charge is -1.95. The van der Waals surface area contributed by atoms with Crippen LogP contribution in [0, 0.1) is 11.8 Å². The molecule has 0 rings (SSSR count). The second-order valence-electron chi connectivity index (χ2n) is 2.62. The maximum absolute atomic E-state index is 3.53. The normalized spacial score (nSPS) is 7.33. The van der Waals surface area contributed by atoms with Gasteiger partial charge in [-0.2, -0.15) is 12.6 Å². The first-order valence-electron chi connectivity index (χ1n) is 5.96. The molecule has 0 fully saturated rings. The lowest BCUT2D eigenvalue weighted by atomic mass is 10.2. The fourth-order valence-electron chi connectivity index (χ4n) is 0.905. The third-order valence-electron chi connectivity index (χ3n) is 1.53. The lowest BCUT2D eigenvalue weighted by molar-refractivity contribution is 0.651. The first-order chi connectivity index (χ1) is 7.41. The Labute approximate surface area is 103 Å². The van der Waals surface area contributed by atoms with Gasteiger partial charge in [0, 0.05) is 12.8 Å². The summed E-state index contributed by atoms with van der Waals surface area (Å²) < 4.78 is 0. The number of unbranched alkanes of at least 4 members (excludes halogenated alkanes) is 3. The van der Waals surface area contributed by atoms with E-state index in [1.54, 1.807) is 6.26 Å². The highest BCUT2D eigenvalue weighted by atomic mass is 32.1. The van der Waals surface area contributed by atoms with E-state index in [1.165, 1.54) is 19.3 Å².